The summed E-state index contributed by atoms with van der Waals surface area (Å²) < 4.78 is 2.01. The molecular formula is C13H17ClN4S. The Kier molecular flexibility index (Phi) is 5.24. The van der Waals surface area contributed by atoms with Gasteiger partial charge in [-0.2, -0.15) is 0 Å². The van der Waals surface area contributed by atoms with E-state index in [2.05, 4.69) is 10.2 Å². The maximum absolute atomic E-state index is 5.77. The van der Waals surface area contributed by atoms with Crippen LogP contribution in [-0.4, -0.2) is 26.4 Å². The number of halogens is 1. The van der Waals surface area contributed by atoms with Gasteiger partial charge in [-0.05, 0) is 12.0 Å². The number of nitrogens with zero attached hydrogens (tertiary/aromatic N) is 3. The summed E-state index contributed by atoms with van der Waals surface area (Å²) in [6.45, 7) is 0.498. The Bertz CT molecular complexity index is 541. The molecule has 0 saturated carbocycles. The molecule has 1 aromatic carbocycles. The first-order valence-electron chi connectivity index (χ1n) is 6.14. The molecule has 0 bridgehead atoms. The van der Waals surface area contributed by atoms with Gasteiger partial charge in [0.1, 0.15) is 0 Å². The van der Waals surface area contributed by atoms with Crippen molar-refractivity contribution in [3.63, 3.8) is 0 Å². The van der Waals surface area contributed by atoms with E-state index in [1.165, 1.54) is 0 Å². The topological polar surface area (TPSA) is 56.7 Å². The Morgan fingerprint density at radius 1 is 1.32 bits per heavy atom. The van der Waals surface area contributed by atoms with Crippen molar-refractivity contribution in [2.75, 3.05) is 11.6 Å². The second-order valence-electron chi connectivity index (χ2n) is 4.12. The molecule has 2 N–H and O–H groups in total. The zero-order chi connectivity index (χ0) is 13.7. The maximum Gasteiger partial charge on any atom is 0.191 e. The summed E-state index contributed by atoms with van der Waals surface area (Å²) in [7, 11) is 1.98. The summed E-state index contributed by atoms with van der Waals surface area (Å²) >= 11 is 7.35. The van der Waals surface area contributed by atoms with Gasteiger partial charge in [-0.15, -0.1) is 21.8 Å². The molecule has 19 heavy (non-hydrogen) atoms. The molecule has 0 unspecified atom stereocenters. The summed E-state index contributed by atoms with van der Waals surface area (Å²) in [6.07, 6.45) is 0.966. The van der Waals surface area contributed by atoms with Crippen LogP contribution in [0, 0.1) is 0 Å². The second kappa shape index (κ2) is 6.93. The van der Waals surface area contributed by atoms with Crippen LogP contribution in [0.3, 0.4) is 0 Å². The molecule has 0 spiro atoms. The number of alkyl halides is 1. The minimum atomic E-state index is 0.498. The number of rotatable bonds is 6. The number of aromatic nitrogens is 3. The predicted octanol–water partition coefficient (Wildman–Crippen LogP) is 2.66. The lowest BCUT2D eigenvalue weighted by molar-refractivity contribution is 0.792. The molecule has 2 aromatic rings. The highest BCUT2D eigenvalue weighted by atomic mass is 35.5. The Hall–Kier alpha value is -1.04. The van der Waals surface area contributed by atoms with E-state index < -0.39 is 0 Å². The van der Waals surface area contributed by atoms with Gasteiger partial charge in [-0.3, -0.25) is 0 Å². The van der Waals surface area contributed by atoms with Gasteiger partial charge in [0.15, 0.2) is 11.0 Å². The van der Waals surface area contributed by atoms with Gasteiger partial charge in [0.05, 0.1) is 0 Å². The zero-order valence-electron chi connectivity index (χ0n) is 10.8. The molecule has 4 nitrogen and oxygen atoms in total. The van der Waals surface area contributed by atoms with Gasteiger partial charge in [0, 0.05) is 30.8 Å². The van der Waals surface area contributed by atoms with Crippen molar-refractivity contribution in [3.05, 3.63) is 29.8 Å². The predicted molar refractivity (Wildman–Crippen MR) is 80.4 cm³/mol. The average molecular weight is 297 g/mol. The fourth-order valence-electron chi connectivity index (χ4n) is 1.81. The second-order valence-corrected chi connectivity index (χ2v) is 5.56. The quantitative estimate of drug-likeness (QED) is 0.506. The summed E-state index contributed by atoms with van der Waals surface area (Å²) in [5, 5.41) is 9.42. The first-order chi connectivity index (χ1) is 9.27. The van der Waals surface area contributed by atoms with Crippen molar-refractivity contribution < 1.29 is 0 Å². The summed E-state index contributed by atoms with van der Waals surface area (Å²) in [6, 6.07) is 8.02. The van der Waals surface area contributed by atoms with Crippen LogP contribution in [0.1, 0.15) is 12.0 Å². The van der Waals surface area contributed by atoms with Crippen LogP contribution in [0.2, 0.25) is 0 Å². The molecule has 2 rings (SSSR count). The van der Waals surface area contributed by atoms with Crippen LogP contribution >= 0.6 is 23.4 Å². The summed E-state index contributed by atoms with van der Waals surface area (Å²) in [5.74, 6) is 2.48. The van der Waals surface area contributed by atoms with E-state index >= 15 is 0 Å². The highest BCUT2D eigenvalue weighted by molar-refractivity contribution is 7.99. The molecule has 0 aliphatic carbocycles. The minimum Gasteiger partial charge on any atom is -0.326 e. The lowest BCUT2D eigenvalue weighted by Crippen LogP contribution is -2.02. The van der Waals surface area contributed by atoms with E-state index in [4.69, 9.17) is 17.3 Å². The Morgan fingerprint density at radius 3 is 2.84 bits per heavy atom. The number of hydrogen-bond acceptors (Lipinski definition) is 4. The standard InChI is InChI=1S/C13H17ClN4S/c1-18-12(11-6-3-2-5-10(11)9-15)16-17-13(18)19-8-4-7-14/h2-3,5-6H,4,7-9,15H2,1H3. The number of benzene rings is 1. The van der Waals surface area contributed by atoms with Crippen LogP contribution in [0.25, 0.3) is 11.4 Å². The molecule has 0 aliphatic heterocycles. The number of hydrogen-bond donors (Lipinski definition) is 1. The minimum absolute atomic E-state index is 0.498. The van der Waals surface area contributed by atoms with Crippen LogP contribution < -0.4 is 5.73 Å². The molecule has 0 fully saturated rings. The molecule has 0 amide bonds. The molecule has 6 heteroatoms. The average Bonchev–Trinajstić information content (AvgIpc) is 2.80. The van der Waals surface area contributed by atoms with E-state index in [9.17, 15) is 0 Å². The molecule has 1 aromatic heterocycles. The lowest BCUT2D eigenvalue weighted by Gasteiger charge is -2.07. The number of thioether (sulfide) groups is 1. The zero-order valence-corrected chi connectivity index (χ0v) is 12.4. The monoisotopic (exact) mass is 296 g/mol. The largest absolute Gasteiger partial charge is 0.326 e. The molecular weight excluding hydrogens is 280 g/mol. The highest BCUT2D eigenvalue weighted by Gasteiger charge is 2.13. The molecule has 1 heterocycles. The first kappa shape index (κ1) is 14.4. The van der Waals surface area contributed by atoms with Crippen molar-refractivity contribution in [2.45, 2.75) is 18.1 Å². The van der Waals surface area contributed by atoms with E-state index in [0.29, 0.717) is 12.4 Å². The fourth-order valence-corrected chi connectivity index (χ4v) is 2.95. The fraction of sp³-hybridized carbons (Fsp3) is 0.385. The van der Waals surface area contributed by atoms with Gasteiger partial charge in [-0.1, -0.05) is 36.0 Å². The summed E-state index contributed by atoms with van der Waals surface area (Å²) in [4.78, 5) is 0. The lowest BCUT2D eigenvalue weighted by atomic mass is 10.1. The van der Waals surface area contributed by atoms with Crippen molar-refractivity contribution in [1.82, 2.24) is 14.8 Å². The molecule has 102 valence electrons. The van der Waals surface area contributed by atoms with Crippen molar-refractivity contribution >= 4 is 23.4 Å². The highest BCUT2D eigenvalue weighted by Crippen LogP contribution is 2.25. The van der Waals surface area contributed by atoms with Crippen LogP contribution in [0.4, 0.5) is 0 Å². The molecule has 0 radical (unpaired) electrons. The van der Waals surface area contributed by atoms with Crippen molar-refractivity contribution in [1.29, 1.82) is 0 Å². The van der Waals surface area contributed by atoms with Crippen molar-refractivity contribution in [3.8, 4) is 11.4 Å². The van der Waals surface area contributed by atoms with Crippen LogP contribution in [0.15, 0.2) is 29.4 Å². The van der Waals surface area contributed by atoms with E-state index in [1.807, 2.05) is 35.9 Å². The molecule has 0 aliphatic rings. The third-order valence-corrected chi connectivity index (χ3v) is 4.20. The third-order valence-electron chi connectivity index (χ3n) is 2.82. The Morgan fingerprint density at radius 2 is 2.11 bits per heavy atom. The maximum atomic E-state index is 5.77. The normalized spacial score (nSPS) is 10.9. The van der Waals surface area contributed by atoms with Gasteiger partial charge in [0.25, 0.3) is 0 Å². The van der Waals surface area contributed by atoms with Gasteiger partial charge in [-0.25, -0.2) is 0 Å². The van der Waals surface area contributed by atoms with E-state index in [1.54, 1.807) is 11.8 Å². The molecule has 0 atom stereocenters. The Labute approximate surface area is 122 Å². The van der Waals surface area contributed by atoms with Gasteiger partial charge in [0.2, 0.25) is 0 Å². The molecule has 0 saturated heterocycles. The van der Waals surface area contributed by atoms with E-state index in [0.717, 1.165) is 34.3 Å². The van der Waals surface area contributed by atoms with Crippen LogP contribution in [0.5, 0.6) is 0 Å². The van der Waals surface area contributed by atoms with Gasteiger partial charge < -0.3 is 10.3 Å². The van der Waals surface area contributed by atoms with Gasteiger partial charge >= 0.3 is 0 Å². The van der Waals surface area contributed by atoms with Crippen molar-refractivity contribution in [2.24, 2.45) is 12.8 Å². The van der Waals surface area contributed by atoms with Crippen LogP contribution in [-0.2, 0) is 13.6 Å². The SMILES string of the molecule is Cn1c(SCCCCl)nnc1-c1ccccc1CN. The summed E-state index contributed by atoms with van der Waals surface area (Å²) in [5.41, 5.74) is 7.89. The Balaban J connectivity index is 2.26. The van der Waals surface area contributed by atoms with E-state index in [-0.39, 0.29) is 0 Å². The number of nitrogens with two attached hydrogens (primary N) is 1. The first-order valence-corrected chi connectivity index (χ1v) is 7.66. The smallest absolute Gasteiger partial charge is 0.191 e. The third kappa shape index (κ3) is 3.29.